The van der Waals surface area contributed by atoms with E-state index in [2.05, 4.69) is 40.4 Å². The Bertz CT molecular complexity index is 720. The molecule has 0 saturated carbocycles. The number of amides is 1. The Kier molecular flexibility index (Phi) is 5.45. The van der Waals surface area contributed by atoms with Gasteiger partial charge in [0.2, 0.25) is 0 Å². The van der Waals surface area contributed by atoms with Gasteiger partial charge < -0.3 is 10.1 Å². The molecule has 2 aromatic rings. The van der Waals surface area contributed by atoms with Crippen LogP contribution in [-0.4, -0.2) is 51.1 Å². The summed E-state index contributed by atoms with van der Waals surface area (Å²) < 4.78 is 7.45. The maximum atomic E-state index is 12.4. The minimum atomic E-state index is -0.172. The fourth-order valence-corrected chi connectivity index (χ4v) is 3.18. The first kappa shape index (κ1) is 17.6. The van der Waals surface area contributed by atoms with Gasteiger partial charge >= 0.3 is 0 Å². The molecular weight excluding hydrogens is 318 g/mol. The highest BCUT2D eigenvalue weighted by atomic mass is 16.5. The number of carbonyl (C=O) groups excluding carboxylic acids is 1. The molecule has 0 spiro atoms. The zero-order chi connectivity index (χ0) is 17.8. The van der Waals surface area contributed by atoms with Crippen LogP contribution in [0, 0.1) is 0 Å². The number of nitrogens with one attached hydrogen (secondary N) is 1. The second-order valence-corrected chi connectivity index (χ2v) is 6.57. The molecule has 1 fully saturated rings. The maximum Gasteiger partial charge on any atom is 0.256 e. The van der Waals surface area contributed by atoms with E-state index in [4.69, 9.17) is 4.74 Å². The van der Waals surface area contributed by atoms with Crippen molar-refractivity contribution in [2.24, 2.45) is 0 Å². The standard InChI is InChI=1S/C18H25N5O2/c1-4-23-12-17(20-21-23)19-18(24)16-7-5-6-15(8-16)11-22-9-13(2)25-14(3)10-22/h5-8,12-14H,4,9-11H2,1-3H3,(H,19,24)/t13-,14+. The van der Waals surface area contributed by atoms with Crippen molar-refractivity contribution in [3.8, 4) is 0 Å². The summed E-state index contributed by atoms with van der Waals surface area (Å²) in [5.74, 6) is 0.293. The van der Waals surface area contributed by atoms with Gasteiger partial charge in [-0.1, -0.05) is 17.3 Å². The van der Waals surface area contributed by atoms with Crippen molar-refractivity contribution >= 4 is 11.7 Å². The van der Waals surface area contributed by atoms with Crippen LogP contribution < -0.4 is 5.32 Å². The Balaban J connectivity index is 1.65. The Morgan fingerprint density at radius 1 is 1.32 bits per heavy atom. The topological polar surface area (TPSA) is 72.3 Å². The lowest BCUT2D eigenvalue weighted by atomic mass is 10.1. The molecule has 1 aliphatic heterocycles. The molecule has 7 nitrogen and oxygen atoms in total. The zero-order valence-electron chi connectivity index (χ0n) is 15.0. The van der Waals surface area contributed by atoms with E-state index in [-0.39, 0.29) is 18.1 Å². The largest absolute Gasteiger partial charge is 0.373 e. The van der Waals surface area contributed by atoms with Crippen molar-refractivity contribution < 1.29 is 9.53 Å². The summed E-state index contributed by atoms with van der Waals surface area (Å²) in [5, 5.41) is 10.7. The Hall–Kier alpha value is -2.25. The number of hydrogen-bond acceptors (Lipinski definition) is 5. The summed E-state index contributed by atoms with van der Waals surface area (Å²) in [6.07, 6.45) is 2.19. The van der Waals surface area contributed by atoms with Crippen molar-refractivity contribution in [2.45, 2.75) is 46.1 Å². The average molecular weight is 343 g/mol. The number of benzene rings is 1. The summed E-state index contributed by atoms with van der Waals surface area (Å²) in [6.45, 7) is 9.49. The SMILES string of the molecule is CCn1cc(NC(=O)c2cccc(CN3C[C@@H](C)O[C@@H](C)C3)c2)nn1. The second kappa shape index (κ2) is 7.76. The summed E-state index contributed by atoms with van der Waals surface area (Å²) in [5.41, 5.74) is 1.74. The van der Waals surface area contributed by atoms with Crippen LogP contribution in [0.25, 0.3) is 0 Å². The number of aryl methyl sites for hydroxylation is 1. The highest BCUT2D eigenvalue weighted by Crippen LogP contribution is 2.15. The Morgan fingerprint density at radius 2 is 2.08 bits per heavy atom. The van der Waals surface area contributed by atoms with Crippen molar-refractivity contribution in [1.29, 1.82) is 0 Å². The molecule has 1 aromatic heterocycles. The van der Waals surface area contributed by atoms with Crippen molar-refractivity contribution in [3.63, 3.8) is 0 Å². The number of rotatable bonds is 5. The second-order valence-electron chi connectivity index (χ2n) is 6.57. The molecule has 3 rings (SSSR count). The number of carbonyl (C=O) groups is 1. The first-order chi connectivity index (χ1) is 12.0. The maximum absolute atomic E-state index is 12.4. The van der Waals surface area contributed by atoms with E-state index in [0.717, 1.165) is 31.7 Å². The molecule has 25 heavy (non-hydrogen) atoms. The van der Waals surface area contributed by atoms with Crippen molar-refractivity contribution in [3.05, 3.63) is 41.6 Å². The van der Waals surface area contributed by atoms with Crippen LogP contribution in [0.5, 0.6) is 0 Å². The highest BCUT2D eigenvalue weighted by Gasteiger charge is 2.22. The fraction of sp³-hybridized carbons (Fsp3) is 0.500. The number of anilines is 1. The van der Waals surface area contributed by atoms with Gasteiger partial charge in [-0.25, -0.2) is 0 Å². The molecule has 134 valence electrons. The van der Waals surface area contributed by atoms with Gasteiger partial charge in [-0.15, -0.1) is 5.10 Å². The number of hydrogen-bond donors (Lipinski definition) is 1. The van der Waals surface area contributed by atoms with E-state index < -0.39 is 0 Å². The van der Waals surface area contributed by atoms with E-state index in [1.807, 2.05) is 25.1 Å². The first-order valence-corrected chi connectivity index (χ1v) is 8.71. The van der Waals surface area contributed by atoms with Gasteiger partial charge in [0.15, 0.2) is 5.82 Å². The van der Waals surface area contributed by atoms with E-state index in [1.54, 1.807) is 10.9 Å². The third kappa shape index (κ3) is 4.64. The quantitative estimate of drug-likeness (QED) is 0.901. The minimum absolute atomic E-state index is 0.172. The normalized spacial score (nSPS) is 21.2. The third-order valence-electron chi connectivity index (χ3n) is 4.19. The minimum Gasteiger partial charge on any atom is -0.373 e. The molecule has 1 aromatic carbocycles. The van der Waals surface area contributed by atoms with Crippen LogP contribution >= 0.6 is 0 Å². The zero-order valence-corrected chi connectivity index (χ0v) is 15.0. The molecule has 0 radical (unpaired) electrons. The summed E-state index contributed by atoms with van der Waals surface area (Å²) in [4.78, 5) is 14.8. The lowest BCUT2D eigenvalue weighted by Crippen LogP contribution is -2.44. The highest BCUT2D eigenvalue weighted by molar-refractivity contribution is 6.03. The molecule has 2 heterocycles. The summed E-state index contributed by atoms with van der Waals surface area (Å²) in [6, 6.07) is 7.72. The number of nitrogens with zero attached hydrogens (tertiary/aromatic N) is 4. The predicted molar refractivity (Wildman–Crippen MR) is 95.4 cm³/mol. The van der Waals surface area contributed by atoms with Crippen LogP contribution in [0.15, 0.2) is 30.5 Å². The summed E-state index contributed by atoms with van der Waals surface area (Å²) >= 11 is 0. The van der Waals surface area contributed by atoms with E-state index >= 15 is 0 Å². The van der Waals surface area contributed by atoms with Gasteiger partial charge in [0.1, 0.15) is 0 Å². The summed E-state index contributed by atoms with van der Waals surface area (Å²) in [7, 11) is 0. The van der Waals surface area contributed by atoms with Crippen LogP contribution in [0.3, 0.4) is 0 Å². The third-order valence-corrected chi connectivity index (χ3v) is 4.19. The van der Waals surface area contributed by atoms with Crippen LogP contribution in [0.2, 0.25) is 0 Å². The number of morpholine rings is 1. The van der Waals surface area contributed by atoms with E-state index in [9.17, 15) is 4.79 Å². The molecule has 2 atom stereocenters. The van der Waals surface area contributed by atoms with Gasteiger partial charge in [0.05, 0.1) is 18.4 Å². The van der Waals surface area contributed by atoms with Crippen LogP contribution in [-0.2, 0) is 17.8 Å². The molecule has 0 aliphatic carbocycles. The van der Waals surface area contributed by atoms with Gasteiger partial charge in [0.25, 0.3) is 5.91 Å². The molecule has 7 heteroatoms. The van der Waals surface area contributed by atoms with Crippen LogP contribution in [0.4, 0.5) is 5.82 Å². The lowest BCUT2D eigenvalue weighted by Gasteiger charge is -2.35. The average Bonchev–Trinajstić information content (AvgIpc) is 3.01. The number of aromatic nitrogens is 3. The molecule has 1 saturated heterocycles. The van der Waals surface area contributed by atoms with Crippen molar-refractivity contribution in [1.82, 2.24) is 19.9 Å². The van der Waals surface area contributed by atoms with Gasteiger partial charge in [-0.05, 0) is 38.5 Å². The van der Waals surface area contributed by atoms with Crippen molar-refractivity contribution in [2.75, 3.05) is 18.4 Å². The smallest absolute Gasteiger partial charge is 0.256 e. The van der Waals surface area contributed by atoms with E-state index in [0.29, 0.717) is 11.4 Å². The fourth-order valence-electron chi connectivity index (χ4n) is 3.18. The van der Waals surface area contributed by atoms with E-state index in [1.165, 1.54) is 0 Å². The monoisotopic (exact) mass is 343 g/mol. The van der Waals surface area contributed by atoms with Crippen LogP contribution in [0.1, 0.15) is 36.7 Å². The molecule has 1 N–H and O–H groups in total. The molecule has 1 amide bonds. The predicted octanol–water partition coefficient (Wildman–Crippen LogP) is 2.16. The lowest BCUT2D eigenvalue weighted by molar-refractivity contribution is -0.0704. The molecule has 1 aliphatic rings. The number of ether oxygens (including phenoxy) is 1. The van der Waals surface area contributed by atoms with Gasteiger partial charge in [-0.3, -0.25) is 14.4 Å². The molecular formula is C18H25N5O2. The Morgan fingerprint density at radius 3 is 2.76 bits per heavy atom. The molecule has 0 bridgehead atoms. The Labute approximate surface area is 148 Å². The first-order valence-electron chi connectivity index (χ1n) is 8.71. The van der Waals surface area contributed by atoms with Gasteiger partial charge in [-0.2, -0.15) is 0 Å². The molecule has 0 unspecified atom stereocenters. The van der Waals surface area contributed by atoms with Gasteiger partial charge in [0, 0.05) is 31.7 Å².